The van der Waals surface area contributed by atoms with Crippen molar-refractivity contribution in [1.29, 1.82) is 0 Å². The van der Waals surface area contributed by atoms with Crippen LogP contribution in [-0.2, 0) is 0 Å². The highest BCUT2D eigenvalue weighted by Gasteiger charge is 2.15. The molecule has 1 heterocycles. The maximum atomic E-state index is 13.3. The van der Waals surface area contributed by atoms with Gasteiger partial charge in [-0.2, -0.15) is 9.37 Å². The molecule has 0 aliphatic heterocycles. The highest BCUT2D eigenvalue weighted by molar-refractivity contribution is 9.10. The van der Waals surface area contributed by atoms with Crippen LogP contribution in [0.15, 0.2) is 28.7 Å². The van der Waals surface area contributed by atoms with Crippen LogP contribution in [0.25, 0.3) is 0 Å². The maximum absolute atomic E-state index is 13.3. The number of ether oxygens (including phenoxy) is 1. The average molecular weight is 322 g/mol. The van der Waals surface area contributed by atoms with Gasteiger partial charge in [-0.1, -0.05) is 15.9 Å². The summed E-state index contributed by atoms with van der Waals surface area (Å²) in [5.74, 6) is -6.19. The first kappa shape index (κ1) is 12.8. The summed E-state index contributed by atoms with van der Waals surface area (Å²) in [6.45, 7) is 0. The molecule has 0 N–H and O–H groups in total. The van der Waals surface area contributed by atoms with E-state index in [2.05, 4.69) is 20.9 Å². The minimum absolute atomic E-state index is 0.271. The summed E-state index contributed by atoms with van der Waals surface area (Å²) < 4.78 is 57.2. The normalized spacial score (nSPS) is 10.5. The number of hydrogen-bond donors (Lipinski definition) is 0. The van der Waals surface area contributed by atoms with Gasteiger partial charge in [-0.25, -0.2) is 13.2 Å². The van der Waals surface area contributed by atoms with Crippen LogP contribution in [0, 0.1) is 23.4 Å². The van der Waals surface area contributed by atoms with Crippen LogP contribution in [0.3, 0.4) is 0 Å². The average Bonchev–Trinajstić information content (AvgIpc) is 2.30. The Morgan fingerprint density at radius 2 is 1.67 bits per heavy atom. The van der Waals surface area contributed by atoms with Gasteiger partial charge in [0, 0.05) is 10.5 Å². The summed E-state index contributed by atoms with van der Waals surface area (Å²) in [7, 11) is 0. The Morgan fingerprint density at radius 1 is 0.944 bits per heavy atom. The van der Waals surface area contributed by atoms with E-state index in [1.807, 2.05) is 0 Å². The van der Waals surface area contributed by atoms with E-state index in [0.29, 0.717) is 4.47 Å². The molecular formula is C11H4BrF4NO. The molecule has 0 aliphatic rings. The second-order valence-electron chi connectivity index (χ2n) is 3.22. The molecule has 0 unspecified atom stereocenters. The van der Waals surface area contributed by atoms with E-state index in [1.165, 1.54) is 12.1 Å². The predicted molar refractivity (Wildman–Crippen MR) is 58.3 cm³/mol. The molecule has 1 aromatic heterocycles. The molecule has 2 nitrogen and oxygen atoms in total. The minimum Gasteiger partial charge on any atom is -0.433 e. The summed E-state index contributed by atoms with van der Waals surface area (Å²) in [5, 5.41) is 0. The third-order valence-electron chi connectivity index (χ3n) is 1.95. The molecule has 0 saturated carbocycles. The van der Waals surface area contributed by atoms with Gasteiger partial charge < -0.3 is 4.74 Å². The Morgan fingerprint density at radius 3 is 2.39 bits per heavy atom. The second-order valence-corrected chi connectivity index (χ2v) is 4.14. The monoisotopic (exact) mass is 321 g/mol. The van der Waals surface area contributed by atoms with Crippen molar-refractivity contribution in [2.24, 2.45) is 0 Å². The third-order valence-corrected chi connectivity index (χ3v) is 2.45. The van der Waals surface area contributed by atoms with Crippen molar-refractivity contribution in [1.82, 2.24) is 4.98 Å². The lowest BCUT2D eigenvalue weighted by molar-refractivity contribution is 0.372. The van der Waals surface area contributed by atoms with E-state index in [1.54, 1.807) is 0 Å². The number of hydrogen-bond acceptors (Lipinski definition) is 2. The molecular weight excluding hydrogens is 318 g/mol. The van der Waals surface area contributed by atoms with Crippen molar-refractivity contribution in [2.75, 3.05) is 0 Å². The summed E-state index contributed by atoms with van der Waals surface area (Å²) in [5.41, 5.74) is 0. The molecule has 0 amide bonds. The van der Waals surface area contributed by atoms with Crippen LogP contribution < -0.4 is 4.74 Å². The van der Waals surface area contributed by atoms with Crippen molar-refractivity contribution in [3.8, 4) is 11.6 Å². The largest absolute Gasteiger partial charge is 0.433 e. The zero-order valence-electron chi connectivity index (χ0n) is 8.55. The molecule has 0 aliphatic carbocycles. The molecule has 0 bridgehead atoms. The van der Waals surface area contributed by atoms with Crippen LogP contribution in [0.2, 0.25) is 0 Å². The van der Waals surface area contributed by atoms with Gasteiger partial charge in [-0.15, -0.1) is 0 Å². The van der Waals surface area contributed by atoms with Gasteiger partial charge in [-0.05, 0) is 18.2 Å². The Labute approximate surface area is 107 Å². The van der Waals surface area contributed by atoms with E-state index >= 15 is 0 Å². The van der Waals surface area contributed by atoms with E-state index in [0.717, 1.165) is 6.07 Å². The highest BCUT2D eigenvalue weighted by Crippen LogP contribution is 2.28. The van der Waals surface area contributed by atoms with Gasteiger partial charge in [0.05, 0.1) is 0 Å². The van der Waals surface area contributed by atoms with E-state index < -0.39 is 29.3 Å². The van der Waals surface area contributed by atoms with E-state index in [-0.39, 0.29) is 11.8 Å². The smallest absolute Gasteiger partial charge is 0.258 e. The molecule has 2 rings (SSSR count). The van der Waals surface area contributed by atoms with Crippen molar-refractivity contribution in [3.63, 3.8) is 0 Å². The van der Waals surface area contributed by atoms with Crippen LogP contribution in [0.1, 0.15) is 0 Å². The van der Waals surface area contributed by atoms with Crippen molar-refractivity contribution in [2.45, 2.75) is 0 Å². The van der Waals surface area contributed by atoms with Crippen LogP contribution in [-0.4, -0.2) is 4.98 Å². The Hall–Kier alpha value is -1.63. The topological polar surface area (TPSA) is 22.1 Å². The molecule has 0 saturated heterocycles. The fourth-order valence-electron chi connectivity index (χ4n) is 1.16. The van der Waals surface area contributed by atoms with Crippen molar-refractivity contribution < 1.29 is 22.3 Å². The van der Waals surface area contributed by atoms with Crippen LogP contribution >= 0.6 is 15.9 Å². The summed E-state index contributed by atoms with van der Waals surface area (Å²) >= 11 is 3.06. The van der Waals surface area contributed by atoms with Crippen LogP contribution in [0.4, 0.5) is 17.6 Å². The predicted octanol–water partition coefficient (Wildman–Crippen LogP) is 4.19. The quantitative estimate of drug-likeness (QED) is 0.611. The lowest BCUT2D eigenvalue weighted by atomic mass is 10.3. The number of aromatic nitrogens is 1. The van der Waals surface area contributed by atoms with Crippen molar-refractivity contribution >= 4 is 15.9 Å². The van der Waals surface area contributed by atoms with E-state index in [9.17, 15) is 17.6 Å². The number of rotatable bonds is 2. The Bertz CT molecular complexity index is 606. The zero-order valence-corrected chi connectivity index (χ0v) is 10.1. The first-order valence-electron chi connectivity index (χ1n) is 4.62. The van der Waals surface area contributed by atoms with Gasteiger partial charge >= 0.3 is 0 Å². The SMILES string of the molecule is Fc1ccc(Br)cc1Oc1nc(F)c(F)cc1F. The third kappa shape index (κ3) is 2.61. The lowest BCUT2D eigenvalue weighted by Crippen LogP contribution is -1.99. The number of nitrogens with zero attached hydrogens (tertiary/aromatic N) is 1. The summed E-state index contributed by atoms with van der Waals surface area (Å²) in [6.07, 6.45) is 0. The molecule has 7 heteroatoms. The fourth-order valence-corrected chi connectivity index (χ4v) is 1.50. The lowest BCUT2D eigenvalue weighted by Gasteiger charge is -2.07. The first-order chi connectivity index (χ1) is 8.47. The Kier molecular flexibility index (Phi) is 3.51. The van der Waals surface area contributed by atoms with Gasteiger partial charge in [0.15, 0.2) is 23.2 Å². The molecule has 0 spiro atoms. The molecule has 0 radical (unpaired) electrons. The Balaban J connectivity index is 2.40. The molecule has 0 fully saturated rings. The summed E-state index contributed by atoms with van der Waals surface area (Å²) in [4.78, 5) is 2.92. The number of benzene rings is 1. The van der Waals surface area contributed by atoms with E-state index in [4.69, 9.17) is 4.74 Å². The molecule has 1 aromatic carbocycles. The molecule has 18 heavy (non-hydrogen) atoms. The minimum atomic E-state index is -1.53. The number of halogens is 5. The summed E-state index contributed by atoms with van der Waals surface area (Å²) in [6, 6.07) is 3.94. The van der Waals surface area contributed by atoms with Crippen molar-refractivity contribution in [3.05, 3.63) is 52.1 Å². The van der Waals surface area contributed by atoms with Gasteiger partial charge in [0.25, 0.3) is 11.8 Å². The zero-order chi connectivity index (χ0) is 13.3. The number of pyridine rings is 1. The molecule has 0 atom stereocenters. The standard InChI is InChI=1S/C11H4BrF4NO/c12-5-1-2-6(13)9(3-5)18-11-8(15)4-7(14)10(16)17-11/h1-4H. The second kappa shape index (κ2) is 4.93. The van der Waals surface area contributed by atoms with Gasteiger partial charge in [0.2, 0.25) is 0 Å². The fraction of sp³-hybridized carbons (Fsp3) is 0. The van der Waals surface area contributed by atoms with Crippen LogP contribution in [0.5, 0.6) is 11.6 Å². The maximum Gasteiger partial charge on any atom is 0.258 e. The van der Waals surface area contributed by atoms with Gasteiger partial charge in [0.1, 0.15) is 0 Å². The molecule has 94 valence electrons. The van der Waals surface area contributed by atoms with Gasteiger partial charge in [-0.3, -0.25) is 0 Å². The molecule has 2 aromatic rings. The first-order valence-corrected chi connectivity index (χ1v) is 5.41. The highest BCUT2D eigenvalue weighted by atomic mass is 79.9.